The zero-order chi connectivity index (χ0) is 23.0. The predicted molar refractivity (Wildman–Crippen MR) is 119 cm³/mol. The van der Waals surface area contributed by atoms with E-state index < -0.39 is 11.7 Å². The summed E-state index contributed by atoms with van der Waals surface area (Å²) in [5.41, 5.74) is 2.99. The van der Waals surface area contributed by atoms with Gasteiger partial charge in [-0.2, -0.15) is 13.2 Å². The van der Waals surface area contributed by atoms with E-state index in [0.29, 0.717) is 28.2 Å². The van der Waals surface area contributed by atoms with Gasteiger partial charge in [0, 0.05) is 23.0 Å². The highest BCUT2D eigenvalue weighted by Crippen LogP contribution is 2.32. The van der Waals surface area contributed by atoms with Gasteiger partial charge >= 0.3 is 6.18 Å². The van der Waals surface area contributed by atoms with Crippen molar-refractivity contribution in [1.82, 2.24) is 15.0 Å². The first-order valence-electron chi connectivity index (χ1n) is 10.0. The Morgan fingerprint density at radius 1 is 0.788 bits per heavy atom. The number of fused-ring (bicyclic) bond motifs is 1. The third-order valence-corrected chi connectivity index (χ3v) is 5.14. The molecule has 0 aliphatic carbocycles. The van der Waals surface area contributed by atoms with E-state index in [9.17, 15) is 17.6 Å². The summed E-state index contributed by atoms with van der Waals surface area (Å²) in [5, 5.41) is 3.19. The summed E-state index contributed by atoms with van der Waals surface area (Å²) < 4.78 is 52.4. The number of benzene rings is 3. The molecular weight excluding hydrogens is 432 g/mol. The van der Waals surface area contributed by atoms with E-state index in [1.165, 1.54) is 18.2 Å². The van der Waals surface area contributed by atoms with Gasteiger partial charge in [0.15, 0.2) is 0 Å². The van der Waals surface area contributed by atoms with Gasteiger partial charge < -0.3 is 10.3 Å². The van der Waals surface area contributed by atoms with Crippen molar-refractivity contribution in [3.8, 4) is 22.5 Å². The van der Waals surface area contributed by atoms with E-state index in [-0.39, 0.29) is 5.82 Å². The van der Waals surface area contributed by atoms with Gasteiger partial charge in [-0.25, -0.2) is 14.4 Å². The molecule has 164 valence electrons. The van der Waals surface area contributed by atoms with Crippen molar-refractivity contribution >= 4 is 22.5 Å². The number of hydrogen-bond acceptors (Lipinski definition) is 3. The summed E-state index contributed by atoms with van der Waals surface area (Å²) in [6.45, 7) is 0. The quantitative estimate of drug-likeness (QED) is 0.286. The normalized spacial score (nSPS) is 11.6. The van der Waals surface area contributed by atoms with E-state index in [0.717, 1.165) is 28.9 Å². The first kappa shape index (κ1) is 20.7. The van der Waals surface area contributed by atoms with Gasteiger partial charge in [0.1, 0.15) is 17.5 Å². The summed E-state index contributed by atoms with van der Waals surface area (Å²) in [6.07, 6.45) is -2.76. The number of aromatic nitrogens is 3. The second kappa shape index (κ2) is 8.05. The molecule has 0 bridgehead atoms. The standard InChI is InChI=1S/C25H16F4N4/c26-19-5-1-3-15(11-19)17-7-10-23(30-14-17)31-20-6-2-4-16(12-20)24-32-21-9-8-18(25(27,28)29)13-22(21)33-24/h1-14H,(H,30,31)(H,32,33). The molecule has 0 spiro atoms. The van der Waals surface area contributed by atoms with Gasteiger partial charge in [0.25, 0.3) is 0 Å². The number of anilines is 2. The van der Waals surface area contributed by atoms with Crippen LogP contribution in [0.5, 0.6) is 0 Å². The van der Waals surface area contributed by atoms with Crippen LogP contribution in [0.1, 0.15) is 5.56 Å². The lowest BCUT2D eigenvalue weighted by Gasteiger charge is -2.08. The van der Waals surface area contributed by atoms with Crippen LogP contribution in [-0.2, 0) is 6.18 Å². The monoisotopic (exact) mass is 448 g/mol. The molecule has 5 aromatic rings. The van der Waals surface area contributed by atoms with Crippen LogP contribution in [0.15, 0.2) is 85.1 Å². The first-order chi connectivity index (χ1) is 15.8. The number of alkyl halides is 3. The van der Waals surface area contributed by atoms with Gasteiger partial charge in [-0.1, -0.05) is 24.3 Å². The molecule has 0 aliphatic rings. The number of pyridine rings is 1. The Hall–Kier alpha value is -4.20. The molecule has 2 aromatic heterocycles. The van der Waals surface area contributed by atoms with Crippen molar-refractivity contribution in [3.05, 3.63) is 96.4 Å². The summed E-state index contributed by atoms with van der Waals surface area (Å²) in [6, 6.07) is 20.6. The van der Waals surface area contributed by atoms with Crippen LogP contribution in [-0.4, -0.2) is 15.0 Å². The van der Waals surface area contributed by atoms with E-state index in [2.05, 4.69) is 20.3 Å². The largest absolute Gasteiger partial charge is 0.416 e. The lowest BCUT2D eigenvalue weighted by Crippen LogP contribution is -2.04. The zero-order valence-electron chi connectivity index (χ0n) is 17.0. The van der Waals surface area contributed by atoms with Crippen molar-refractivity contribution in [2.24, 2.45) is 0 Å². The SMILES string of the molecule is Fc1cccc(-c2ccc(Nc3cccc(-c4nc5ccc(C(F)(F)F)cc5[nH]4)c3)nc2)c1. The van der Waals surface area contributed by atoms with Crippen molar-refractivity contribution in [2.45, 2.75) is 6.18 Å². The molecule has 2 heterocycles. The summed E-state index contributed by atoms with van der Waals surface area (Å²) >= 11 is 0. The molecule has 2 N–H and O–H groups in total. The summed E-state index contributed by atoms with van der Waals surface area (Å²) in [7, 11) is 0. The van der Waals surface area contributed by atoms with Crippen LogP contribution < -0.4 is 5.32 Å². The number of nitrogens with zero attached hydrogens (tertiary/aromatic N) is 2. The number of rotatable bonds is 4. The molecule has 4 nitrogen and oxygen atoms in total. The molecule has 33 heavy (non-hydrogen) atoms. The second-order valence-electron chi connectivity index (χ2n) is 7.46. The summed E-state index contributed by atoms with van der Waals surface area (Å²) in [4.78, 5) is 11.8. The van der Waals surface area contributed by atoms with Gasteiger partial charge in [0.05, 0.1) is 16.6 Å². The van der Waals surface area contributed by atoms with Crippen LogP contribution in [0.25, 0.3) is 33.5 Å². The van der Waals surface area contributed by atoms with Crippen LogP contribution >= 0.6 is 0 Å². The summed E-state index contributed by atoms with van der Waals surface area (Å²) in [5.74, 6) is 0.737. The van der Waals surface area contributed by atoms with Crippen molar-refractivity contribution in [3.63, 3.8) is 0 Å². The zero-order valence-corrected chi connectivity index (χ0v) is 17.0. The lowest BCUT2D eigenvalue weighted by atomic mass is 10.1. The highest BCUT2D eigenvalue weighted by Gasteiger charge is 2.30. The maximum atomic E-state index is 13.4. The van der Waals surface area contributed by atoms with Crippen molar-refractivity contribution < 1.29 is 17.6 Å². The van der Waals surface area contributed by atoms with Crippen LogP contribution in [0, 0.1) is 5.82 Å². The Balaban J connectivity index is 1.38. The van der Waals surface area contributed by atoms with Gasteiger partial charge in [-0.05, 0) is 60.2 Å². The molecule has 0 unspecified atom stereocenters. The van der Waals surface area contributed by atoms with Crippen molar-refractivity contribution in [1.29, 1.82) is 0 Å². The highest BCUT2D eigenvalue weighted by molar-refractivity contribution is 5.81. The average Bonchev–Trinajstić information content (AvgIpc) is 3.23. The maximum Gasteiger partial charge on any atom is 0.416 e. The lowest BCUT2D eigenvalue weighted by molar-refractivity contribution is -0.137. The minimum absolute atomic E-state index is 0.313. The Bertz CT molecular complexity index is 1440. The third kappa shape index (κ3) is 4.41. The van der Waals surface area contributed by atoms with Crippen molar-refractivity contribution in [2.75, 3.05) is 5.32 Å². The Labute approximate surface area is 186 Å². The molecule has 8 heteroatoms. The van der Waals surface area contributed by atoms with E-state index in [4.69, 9.17) is 0 Å². The molecule has 0 fully saturated rings. The Morgan fingerprint density at radius 2 is 1.61 bits per heavy atom. The van der Waals surface area contributed by atoms with Gasteiger partial charge in [-0.15, -0.1) is 0 Å². The topological polar surface area (TPSA) is 53.6 Å². The maximum absolute atomic E-state index is 13.4. The fraction of sp³-hybridized carbons (Fsp3) is 0.0400. The molecule has 0 radical (unpaired) electrons. The average molecular weight is 448 g/mol. The smallest absolute Gasteiger partial charge is 0.340 e. The fourth-order valence-electron chi connectivity index (χ4n) is 3.52. The van der Waals surface area contributed by atoms with Crippen LogP contribution in [0.3, 0.4) is 0 Å². The predicted octanol–water partition coefficient (Wildman–Crippen LogP) is 7.19. The molecule has 0 saturated carbocycles. The molecule has 0 aliphatic heterocycles. The number of hydrogen-bond donors (Lipinski definition) is 2. The second-order valence-corrected chi connectivity index (χ2v) is 7.46. The number of H-pyrrole nitrogens is 1. The Morgan fingerprint density at radius 3 is 2.36 bits per heavy atom. The van der Waals surface area contributed by atoms with Gasteiger partial charge in [-0.3, -0.25) is 0 Å². The molecule has 5 rings (SSSR count). The number of halogens is 4. The fourth-order valence-corrected chi connectivity index (χ4v) is 3.52. The number of nitrogens with one attached hydrogen (secondary N) is 2. The molecule has 3 aromatic carbocycles. The van der Waals surface area contributed by atoms with Gasteiger partial charge in [0.2, 0.25) is 0 Å². The highest BCUT2D eigenvalue weighted by atomic mass is 19.4. The first-order valence-corrected chi connectivity index (χ1v) is 10.0. The molecule has 0 amide bonds. The van der Waals surface area contributed by atoms with E-state index in [1.54, 1.807) is 18.3 Å². The molecular formula is C25H16F4N4. The van der Waals surface area contributed by atoms with Crippen LogP contribution in [0.4, 0.5) is 29.1 Å². The minimum Gasteiger partial charge on any atom is -0.340 e. The number of aromatic amines is 1. The third-order valence-electron chi connectivity index (χ3n) is 5.14. The molecule has 0 saturated heterocycles. The minimum atomic E-state index is -4.42. The van der Waals surface area contributed by atoms with E-state index >= 15 is 0 Å². The number of imidazole rings is 1. The Kier molecular flexibility index (Phi) is 5.05. The van der Waals surface area contributed by atoms with Crippen LogP contribution in [0.2, 0.25) is 0 Å². The van der Waals surface area contributed by atoms with E-state index in [1.807, 2.05) is 36.4 Å². The molecule has 0 atom stereocenters.